The largest absolute Gasteiger partial charge is 0.457 e. The minimum Gasteiger partial charge on any atom is -0.457 e. The van der Waals surface area contributed by atoms with Gasteiger partial charge in [0.25, 0.3) is 0 Å². The van der Waals surface area contributed by atoms with Crippen LogP contribution >= 0.6 is 12.2 Å². The van der Waals surface area contributed by atoms with Crippen LogP contribution in [-0.2, 0) is 15.9 Å². The van der Waals surface area contributed by atoms with Crippen LogP contribution < -0.4 is 5.73 Å². The lowest BCUT2D eigenvalue weighted by atomic mass is 10.0. The van der Waals surface area contributed by atoms with Gasteiger partial charge in [0, 0.05) is 13.5 Å². The molecule has 0 spiro atoms. The molecule has 0 amide bonds. The predicted octanol–water partition coefficient (Wildman–Crippen LogP) is 1.71. The molecule has 5 heteroatoms. The highest BCUT2D eigenvalue weighted by Crippen LogP contribution is 2.12. The molecule has 0 aliphatic rings. The van der Waals surface area contributed by atoms with E-state index in [1.54, 1.807) is 26.2 Å². The average Bonchev–Trinajstić information content (AvgIpc) is 2.28. The van der Waals surface area contributed by atoms with Gasteiger partial charge in [0.2, 0.25) is 0 Å². The Bertz CT molecular complexity index is 434. The highest BCUT2D eigenvalue weighted by molar-refractivity contribution is 7.80. The molecule has 98 valence electrons. The van der Waals surface area contributed by atoms with Crippen LogP contribution in [0.1, 0.15) is 22.8 Å². The number of carbonyl (C=O) groups is 1. The second kappa shape index (κ2) is 7.08. The Kier molecular flexibility index (Phi) is 5.74. The fraction of sp³-hybridized carbons (Fsp3) is 0.385. The predicted molar refractivity (Wildman–Crippen MR) is 73.7 cm³/mol. The zero-order chi connectivity index (χ0) is 13.5. The molecule has 0 aliphatic heterocycles. The van der Waals surface area contributed by atoms with Crippen molar-refractivity contribution in [3.8, 4) is 0 Å². The Morgan fingerprint density at radius 3 is 2.72 bits per heavy atom. The lowest BCUT2D eigenvalue weighted by Crippen LogP contribution is -2.21. The van der Waals surface area contributed by atoms with Crippen LogP contribution in [0, 0.1) is 0 Å². The summed E-state index contributed by atoms with van der Waals surface area (Å²) in [5.74, 6) is -0.383. The summed E-state index contributed by atoms with van der Waals surface area (Å²) in [5, 5.41) is 0. The van der Waals surface area contributed by atoms with Crippen LogP contribution in [-0.4, -0.2) is 30.8 Å². The molecule has 0 bridgehead atoms. The zero-order valence-corrected chi connectivity index (χ0v) is 11.3. The normalized spacial score (nSPS) is 11.9. The van der Waals surface area contributed by atoms with Crippen molar-refractivity contribution in [2.24, 2.45) is 5.73 Å². The van der Waals surface area contributed by atoms with Crippen molar-refractivity contribution in [1.29, 1.82) is 0 Å². The molecule has 0 aromatic heterocycles. The van der Waals surface area contributed by atoms with Gasteiger partial charge in [-0.1, -0.05) is 30.4 Å². The summed E-state index contributed by atoms with van der Waals surface area (Å²) in [6.07, 6.45) is 0.0968. The van der Waals surface area contributed by atoms with Crippen LogP contribution in [0.25, 0.3) is 0 Å². The average molecular weight is 267 g/mol. The minimum atomic E-state index is -0.383. The first-order valence-electron chi connectivity index (χ1n) is 5.60. The number of ether oxygens (including phenoxy) is 2. The third-order valence-electron chi connectivity index (χ3n) is 2.31. The molecule has 0 saturated heterocycles. The van der Waals surface area contributed by atoms with Crippen LogP contribution in [0.3, 0.4) is 0 Å². The number of thiocarbonyl (C=S) groups is 1. The summed E-state index contributed by atoms with van der Waals surface area (Å²) in [6.45, 7) is 2.14. The number of carbonyl (C=O) groups excluding carboxylic acids is 1. The third kappa shape index (κ3) is 4.43. The first kappa shape index (κ1) is 14.6. The molecule has 1 aromatic rings. The lowest BCUT2D eigenvalue weighted by molar-refractivity contribution is 0.0119. The van der Waals surface area contributed by atoms with Gasteiger partial charge >= 0.3 is 5.97 Å². The van der Waals surface area contributed by atoms with E-state index in [4.69, 9.17) is 27.4 Å². The number of rotatable bonds is 6. The molecule has 0 aliphatic carbocycles. The van der Waals surface area contributed by atoms with Crippen LogP contribution in [0.5, 0.6) is 0 Å². The molecule has 1 aromatic carbocycles. The monoisotopic (exact) mass is 267 g/mol. The van der Waals surface area contributed by atoms with Crippen molar-refractivity contribution in [3.63, 3.8) is 0 Å². The van der Waals surface area contributed by atoms with Crippen LogP contribution in [0.4, 0.5) is 0 Å². The van der Waals surface area contributed by atoms with Crippen molar-refractivity contribution in [3.05, 3.63) is 35.4 Å². The molecule has 1 unspecified atom stereocenters. The van der Waals surface area contributed by atoms with E-state index in [-0.39, 0.29) is 12.1 Å². The number of methoxy groups -OCH3 is 1. The van der Waals surface area contributed by atoms with E-state index in [9.17, 15) is 4.79 Å². The number of benzene rings is 1. The molecule has 4 nitrogen and oxygen atoms in total. The van der Waals surface area contributed by atoms with Gasteiger partial charge in [0.15, 0.2) is 0 Å². The highest BCUT2D eigenvalue weighted by atomic mass is 32.1. The van der Waals surface area contributed by atoms with Gasteiger partial charge in [0.05, 0.1) is 17.2 Å². The van der Waals surface area contributed by atoms with Gasteiger partial charge in [-0.2, -0.15) is 0 Å². The van der Waals surface area contributed by atoms with E-state index in [0.29, 0.717) is 23.6 Å². The quantitative estimate of drug-likeness (QED) is 0.628. The molecule has 0 radical (unpaired) electrons. The summed E-state index contributed by atoms with van der Waals surface area (Å²) in [4.78, 5) is 12.3. The van der Waals surface area contributed by atoms with E-state index in [1.165, 1.54) is 0 Å². The summed E-state index contributed by atoms with van der Waals surface area (Å²) < 4.78 is 10.2. The van der Waals surface area contributed by atoms with Crippen molar-refractivity contribution in [2.75, 3.05) is 13.7 Å². The minimum absolute atomic E-state index is 0.291. The molecular weight excluding hydrogens is 250 g/mol. The van der Waals surface area contributed by atoms with E-state index in [1.807, 2.05) is 12.1 Å². The second-order valence-electron chi connectivity index (χ2n) is 3.97. The maximum atomic E-state index is 12.0. The second-order valence-corrected chi connectivity index (χ2v) is 4.50. The number of hydrogen-bond donors (Lipinski definition) is 1. The van der Waals surface area contributed by atoms with E-state index < -0.39 is 0 Å². The maximum Gasteiger partial charge on any atom is 0.338 e. The first-order chi connectivity index (χ1) is 8.54. The Hall–Kier alpha value is -1.46. The van der Waals surface area contributed by atoms with E-state index in [2.05, 4.69) is 0 Å². The number of esters is 1. The highest BCUT2D eigenvalue weighted by Gasteiger charge is 2.15. The van der Waals surface area contributed by atoms with Gasteiger partial charge in [-0.15, -0.1) is 0 Å². The zero-order valence-electron chi connectivity index (χ0n) is 10.5. The fourth-order valence-electron chi connectivity index (χ4n) is 1.58. The van der Waals surface area contributed by atoms with Crippen LogP contribution in [0.15, 0.2) is 24.3 Å². The Morgan fingerprint density at radius 2 is 2.11 bits per heavy atom. The van der Waals surface area contributed by atoms with Crippen molar-refractivity contribution >= 4 is 23.2 Å². The molecule has 2 N–H and O–H groups in total. The summed E-state index contributed by atoms with van der Waals surface area (Å²) >= 11 is 4.86. The standard InChI is InChI=1S/C13H17NO3S/c1-9(8-16-2)17-13(15)11-6-4-3-5-10(11)7-12(14)18/h3-6,9H,7-8H2,1-2H3,(H2,14,18). The molecule has 18 heavy (non-hydrogen) atoms. The summed E-state index contributed by atoms with van der Waals surface area (Å²) in [6, 6.07) is 7.13. The van der Waals surface area contributed by atoms with Crippen molar-refractivity contribution in [1.82, 2.24) is 0 Å². The molecule has 0 heterocycles. The molecule has 1 atom stereocenters. The Balaban J connectivity index is 2.81. The topological polar surface area (TPSA) is 61.5 Å². The number of hydrogen-bond acceptors (Lipinski definition) is 4. The van der Waals surface area contributed by atoms with Gasteiger partial charge < -0.3 is 15.2 Å². The summed E-state index contributed by atoms with van der Waals surface area (Å²) in [5.41, 5.74) is 6.77. The molecular formula is C13H17NO3S. The molecule has 0 saturated carbocycles. The van der Waals surface area contributed by atoms with Gasteiger partial charge in [-0.25, -0.2) is 4.79 Å². The van der Waals surface area contributed by atoms with Crippen LogP contribution in [0.2, 0.25) is 0 Å². The van der Waals surface area contributed by atoms with Crippen molar-refractivity contribution < 1.29 is 14.3 Å². The first-order valence-corrected chi connectivity index (χ1v) is 6.01. The van der Waals surface area contributed by atoms with E-state index in [0.717, 1.165) is 5.56 Å². The van der Waals surface area contributed by atoms with E-state index >= 15 is 0 Å². The van der Waals surface area contributed by atoms with Gasteiger partial charge in [-0.05, 0) is 18.6 Å². The molecule has 1 rings (SSSR count). The third-order valence-corrected chi connectivity index (χ3v) is 2.46. The van der Waals surface area contributed by atoms with Gasteiger partial charge in [0.1, 0.15) is 6.10 Å². The number of nitrogens with two attached hydrogens (primary N) is 1. The lowest BCUT2D eigenvalue weighted by Gasteiger charge is -2.14. The summed E-state index contributed by atoms with van der Waals surface area (Å²) in [7, 11) is 1.56. The SMILES string of the molecule is COCC(C)OC(=O)c1ccccc1CC(N)=S. The Morgan fingerprint density at radius 1 is 1.44 bits per heavy atom. The molecule has 0 fully saturated rings. The van der Waals surface area contributed by atoms with Gasteiger partial charge in [-0.3, -0.25) is 0 Å². The maximum absolute atomic E-state index is 12.0. The Labute approximate surface area is 112 Å². The fourth-order valence-corrected chi connectivity index (χ4v) is 1.73. The van der Waals surface area contributed by atoms with Crippen molar-refractivity contribution in [2.45, 2.75) is 19.4 Å². The smallest absolute Gasteiger partial charge is 0.338 e.